The van der Waals surface area contributed by atoms with Crippen LogP contribution in [-0.4, -0.2) is 25.7 Å². The van der Waals surface area contributed by atoms with Crippen LogP contribution >= 0.6 is 11.6 Å². The van der Waals surface area contributed by atoms with Gasteiger partial charge in [0.1, 0.15) is 5.75 Å². The minimum absolute atomic E-state index is 0.0440. The van der Waals surface area contributed by atoms with Gasteiger partial charge in [-0.15, -0.1) is 0 Å². The van der Waals surface area contributed by atoms with Gasteiger partial charge in [0.15, 0.2) is 0 Å². The molecular weight excluding hydrogens is 350 g/mol. The van der Waals surface area contributed by atoms with Gasteiger partial charge in [-0.05, 0) is 62.1 Å². The van der Waals surface area contributed by atoms with Gasteiger partial charge in [0.2, 0.25) is 5.91 Å². The Morgan fingerprint density at radius 1 is 1.23 bits per heavy atom. The zero-order valence-electron chi connectivity index (χ0n) is 15.2. The van der Waals surface area contributed by atoms with E-state index in [1.165, 1.54) is 0 Å². The Morgan fingerprint density at radius 2 is 1.96 bits per heavy atom. The smallest absolute Gasteiger partial charge is 0.235 e. The Bertz CT molecular complexity index is 785. The summed E-state index contributed by atoms with van der Waals surface area (Å²) >= 11 is 6.44. The van der Waals surface area contributed by atoms with E-state index in [4.69, 9.17) is 21.1 Å². The molecule has 1 amide bonds. The second-order valence-corrected chi connectivity index (χ2v) is 6.95. The number of rotatable bonds is 5. The average Bonchev–Trinajstić information content (AvgIpc) is 2.65. The molecule has 1 aliphatic heterocycles. The number of aryl methyl sites for hydroxylation is 1. The van der Waals surface area contributed by atoms with E-state index in [-0.39, 0.29) is 5.91 Å². The summed E-state index contributed by atoms with van der Waals surface area (Å²) in [6.07, 6.45) is 1.22. The number of carbonyl (C=O) groups is 1. The molecule has 3 rings (SSSR count). The van der Waals surface area contributed by atoms with Gasteiger partial charge in [0, 0.05) is 23.9 Å². The molecule has 2 aromatic rings. The lowest BCUT2D eigenvalue weighted by molar-refractivity contribution is -0.125. The minimum atomic E-state index is -0.677. The van der Waals surface area contributed by atoms with Crippen molar-refractivity contribution in [2.24, 2.45) is 0 Å². The summed E-state index contributed by atoms with van der Waals surface area (Å²) in [7, 11) is 0. The van der Waals surface area contributed by atoms with E-state index in [2.05, 4.69) is 5.32 Å². The van der Waals surface area contributed by atoms with Crippen LogP contribution in [0.3, 0.4) is 0 Å². The van der Waals surface area contributed by atoms with Gasteiger partial charge in [-0.25, -0.2) is 0 Å². The summed E-state index contributed by atoms with van der Waals surface area (Å²) in [5.41, 5.74) is 1.94. The summed E-state index contributed by atoms with van der Waals surface area (Å²) in [6.45, 7) is 5.62. The van der Waals surface area contributed by atoms with Crippen molar-refractivity contribution in [2.75, 3.05) is 25.1 Å². The predicted octanol–water partition coefficient (Wildman–Crippen LogP) is 4.73. The van der Waals surface area contributed by atoms with E-state index in [1.54, 1.807) is 0 Å². The Kier molecular flexibility index (Phi) is 5.84. The SMILES string of the molecule is CCOc1ccc(NC(=O)C2(c3ccccc3Cl)CCOCC2)cc1C. The quantitative estimate of drug-likeness (QED) is 0.823. The molecule has 0 atom stereocenters. The first-order valence-electron chi connectivity index (χ1n) is 8.94. The monoisotopic (exact) mass is 373 g/mol. The normalized spacial score (nSPS) is 16.1. The van der Waals surface area contributed by atoms with E-state index in [0.717, 1.165) is 22.6 Å². The summed E-state index contributed by atoms with van der Waals surface area (Å²) in [6, 6.07) is 13.3. The van der Waals surface area contributed by atoms with Crippen molar-refractivity contribution in [2.45, 2.75) is 32.1 Å². The molecular formula is C21H24ClNO3. The van der Waals surface area contributed by atoms with Gasteiger partial charge in [-0.3, -0.25) is 4.79 Å². The third kappa shape index (κ3) is 3.71. The van der Waals surface area contributed by atoms with Crippen molar-refractivity contribution in [3.05, 3.63) is 58.6 Å². The Balaban J connectivity index is 1.90. The molecule has 1 heterocycles. The van der Waals surface area contributed by atoms with Crippen LogP contribution in [0.4, 0.5) is 5.69 Å². The molecule has 26 heavy (non-hydrogen) atoms. The summed E-state index contributed by atoms with van der Waals surface area (Å²) in [4.78, 5) is 13.3. The summed E-state index contributed by atoms with van der Waals surface area (Å²) < 4.78 is 11.1. The maximum Gasteiger partial charge on any atom is 0.235 e. The molecule has 138 valence electrons. The molecule has 0 spiro atoms. The number of nitrogens with one attached hydrogen (secondary N) is 1. The summed E-state index contributed by atoms with van der Waals surface area (Å²) in [5, 5.41) is 3.70. The molecule has 0 aromatic heterocycles. The third-order valence-electron chi connectivity index (χ3n) is 4.90. The molecule has 1 aliphatic rings. The highest BCUT2D eigenvalue weighted by Gasteiger charge is 2.43. The average molecular weight is 374 g/mol. The highest BCUT2D eigenvalue weighted by molar-refractivity contribution is 6.31. The Morgan fingerprint density at radius 3 is 2.62 bits per heavy atom. The zero-order chi connectivity index (χ0) is 18.6. The van der Waals surface area contributed by atoms with Gasteiger partial charge in [-0.1, -0.05) is 29.8 Å². The fourth-order valence-corrected chi connectivity index (χ4v) is 3.80. The van der Waals surface area contributed by atoms with E-state index < -0.39 is 5.41 Å². The van der Waals surface area contributed by atoms with Crippen molar-refractivity contribution < 1.29 is 14.3 Å². The number of hydrogen-bond donors (Lipinski definition) is 1. The van der Waals surface area contributed by atoms with Crippen molar-refractivity contribution in [1.82, 2.24) is 0 Å². The van der Waals surface area contributed by atoms with Crippen LogP contribution in [0.5, 0.6) is 5.75 Å². The molecule has 0 aliphatic carbocycles. The molecule has 0 saturated carbocycles. The van der Waals surface area contributed by atoms with Gasteiger partial charge >= 0.3 is 0 Å². The minimum Gasteiger partial charge on any atom is -0.494 e. The maximum atomic E-state index is 13.3. The number of carbonyl (C=O) groups excluding carboxylic acids is 1. The second kappa shape index (κ2) is 8.11. The van der Waals surface area contributed by atoms with E-state index in [0.29, 0.717) is 37.7 Å². The Hall–Kier alpha value is -2.04. The largest absolute Gasteiger partial charge is 0.494 e. The fourth-order valence-electron chi connectivity index (χ4n) is 3.48. The lowest BCUT2D eigenvalue weighted by Gasteiger charge is -2.36. The number of anilines is 1. The molecule has 0 bridgehead atoms. The van der Waals surface area contributed by atoms with Gasteiger partial charge in [0.05, 0.1) is 12.0 Å². The lowest BCUT2D eigenvalue weighted by atomic mass is 9.73. The molecule has 1 saturated heterocycles. The van der Waals surface area contributed by atoms with Crippen LogP contribution in [-0.2, 0) is 14.9 Å². The van der Waals surface area contributed by atoms with E-state index in [1.807, 2.05) is 56.3 Å². The van der Waals surface area contributed by atoms with Crippen LogP contribution in [0.15, 0.2) is 42.5 Å². The molecule has 0 radical (unpaired) electrons. The lowest BCUT2D eigenvalue weighted by Crippen LogP contribution is -2.45. The topological polar surface area (TPSA) is 47.6 Å². The van der Waals surface area contributed by atoms with Crippen LogP contribution < -0.4 is 10.1 Å². The predicted molar refractivity (Wildman–Crippen MR) is 104 cm³/mol. The van der Waals surface area contributed by atoms with Crippen molar-refractivity contribution in [1.29, 1.82) is 0 Å². The second-order valence-electron chi connectivity index (χ2n) is 6.54. The van der Waals surface area contributed by atoms with Crippen LogP contribution in [0, 0.1) is 6.92 Å². The van der Waals surface area contributed by atoms with Gasteiger partial charge in [0.25, 0.3) is 0 Å². The highest BCUT2D eigenvalue weighted by Crippen LogP contribution is 2.39. The highest BCUT2D eigenvalue weighted by atomic mass is 35.5. The molecule has 2 aromatic carbocycles. The third-order valence-corrected chi connectivity index (χ3v) is 5.23. The number of halogens is 1. The zero-order valence-corrected chi connectivity index (χ0v) is 15.9. The Labute approximate surface area is 159 Å². The number of amides is 1. The summed E-state index contributed by atoms with van der Waals surface area (Å²) in [5.74, 6) is 0.787. The number of benzene rings is 2. The van der Waals surface area contributed by atoms with Crippen LogP contribution in [0.2, 0.25) is 5.02 Å². The van der Waals surface area contributed by atoms with E-state index >= 15 is 0 Å². The molecule has 1 fully saturated rings. The van der Waals surface area contributed by atoms with Crippen molar-refractivity contribution in [3.8, 4) is 5.75 Å². The first-order chi connectivity index (χ1) is 12.6. The number of ether oxygens (including phenoxy) is 2. The molecule has 4 nitrogen and oxygen atoms in total. The van der Waals surface area contributed by atoms with Gasteiger partial charge in [-0.2, -0.15) is 0 Å². The fraction of sp³-hybridized carbons (Fsp3) is 0.381. The molecule has 5 heteroatoms. The first kappa shape index (κ1) is 18.7. The van der Waals surface area contributed by atoms with Crippen LogP contribution in [0.1, 0.15) is 30.9 Å². The standard InChI is InChI=1S/C21H24ClNO3/c1-3-26-19-9-8-16(14-15(19)2)23-20(24)21(10-12-25-13-11-21)17-6-4-5-7-18(17)22/h4-9,14H,3,10-13H2,1-2H3,(H,23,24). The van der Waals surface area contributed by atoms with Gasteiger partial charge < -0.3 is 14.8 Å². The van der Waals surface area contributed by atoms with Crippen molar-refractivity contribution >= 4 is 23.2 Å². The maximum absolute atomic E-state index is 13.3. The number of hydrogen-bond acceptors (Lipinski definition) is 3. The van der Waals surface area contributed by atoms with Crippen molar-refractivity contribution in [3.63, 3.8) is 0 Å². The van der Waals surface area contributed by atoms with E-state index in [9.17, 15) is 4.79 Å². The molecule has 0 unspecified atom stereocenters. The first-order valence-corrected chi connectivity index (χ1v) is 9.32. The van der Waals surface area contributed by atoms with Crippen LogP contribution in [0.25, 0.3) is 0 Å². The molecule has 1 N–H and O–H groups in total.